The van der Waals surface area contributed by atoms with E-state index >= 15 is 0 Å². The standard InChI is InChI=1S/C25H29N3O3S/c1-17-12-18(2)15-28(14-17)32(30,31)20-7-5-6-19(13-20)25(29)27-11-10-24-22(16-27)21-8-3-4-9-23(21)26-24/h3-9,13,17-18,26H,10-12,14-16H2,1-2H3/t17-,18+. The molecule has 2 aliphatic rings. The van der Waals surface area contributed by atoms with Crippen LogP contribution in [0.3, 0.4) is 0 Å². The first-order chi connectivity index (χ1) is 15.3. The Labute approximate surface area is 189 Å². The van der Waals surface area contributed by atoms with Crippen molar-refractivity contribution in [3.63, 3.8) is 0 Å². The second-order valence-corrected chi connectivity index (χ2v) is 11.3. The maximum absolute atomic E-state index is 13.3. The molecule has 1 saturated heterocycles. The lowest BCUT2D eigenvalue weighted by atomic mass is 9.94. The van der Waals surface area contributed by atoms with Crippen LogP contribution in [-0.4, -0.2) is 48.1 Å². The molecule has 0 aliphatic carbocycles. The molecule has 32 heavy (non-hydrogen) atoms. The van der Waals surface area contributed by atoms with E-state index in [-0.39, 0.29) is 10.8 Å². The van der Waals surface area contributed by atoms with E-state index in [1.165, 1.54) is 5.69 Å². The van der Waals surface area contributed by atoms with Gasteiger partial charge in [0.25, 0.3) is 5.91 Å². The van der Waals surface area contributed by atoms with Crippen molar-refractivity contribution in [2.24, 2.45) is 11.8 Å². The zero-order valence-electron chi connectivity index (χ0n) is 18.5. The molecule has 1 amide bonds. The van der Waals surface area contributed by atoms with Gasteiger partial charge in [0.1, 0.15) is 0 Å². The van der Waals surface area contributed by atoms with Gasteiger partial charge < -0.3 is 9.88 Å². The summed E-state index contributed by atoms with van der Waals surface area (Å²) >= 11 is 0. The van der Waals surface area contributed by atoms with Crippen LogP contribution >= 0.6 is 0 Å². The number of piperidine rings is 1. The number of amides is 1. The molecule has 7 heteroatoms. The molecule has 0 unspecified atom stereocenters. The maximum atomic E-state index is 13.3. The van der Waals surface area contributed by atoms with Crippen molar-refractivity contribution in [3.05, 3.63) is 65.4 Å². The first-order valence-corrected chi connectivity index (χ1v) is 12.7. The zero-order chi connectivity index (χ0) is 22.5. The van der Waals surface area contributed by atoms with Crippen LogP contribution in [-0.2, 0) is 23.0 Å². The lowest BCUT2D eigenvalue weighted by Gasteiger charge is -2.34. The molecular weight excluding hydrogens is 422 g/mol. The molecule has 0 radical (unpaired) electrons. The summed E-state index contributed by atoms with van der Waals surface area (Å²) in [5, 5.41) is 1.14. The minimum atomic E-state index is -3.63. The van der Waals surface area contributed by atoms with Gasteiger partial charge in [-0.25, -0.2) is 8.42 Å². The molecule has 2 atom stereocenters. The smallest absolute Gasteiger partial charge is 0.254 e. The highest BCUT2D eigenvalue weighted by molar-refractivity contribution is 7.89. The number of carbonyl (C=O) groups is 1. The fourth-order valence-electron chi connectivity index (χ4n) is 5.26. The van der Waals surface area contributed by atoms with Crippen LogP contribution in [0.5, 0.6) is 0 Å². The van der Waals surface area contributed by atoms with Crippen molar-refractivity contribution in [2.45, 2.75) is 38.1 Å². The average molecular weight is 452 g/mol. The molecule has 0 saturated carbocycles. The number of hydrogen-bond acceptors (Lipinski definition) is 3. The molecule has 5 rings (SSSR count). The van der Waals surface area contributed by atoms with E-state index in [1.54, 1.807) is 28.6 Å². The van der Waals surface area contributed by atoms with E-state index in [0.717, 1.165) is 29.3 Å². The Morgan fingerprint density at radius 1 is 1.03 bits per heavy atom. The van der Waals surface area contributed by atoms with Gasteiger partial charge in [-0.1, -0.05) is 38.1 Å². The lowest BCUT2D eigenvalue weighted by Crippen LogP contribution is -2.42. The summed E-state index contributed by atoms with van der Waals surface area (Å²) in [6, 6.07) is 14.7. The predicted octanol–water partition coefficient (Wildman–Crippen LogP) is 4.03. The average Bonchev–Trinajstić information content (AvgIpc) is 3.16. The Balaban J connectivity index is 1.40. The molecule has 1 fully saturated rings. The molecule has 3 aromatic rings. The van der Waals surface area contributed by atoms with Crippen molar-refractivity contribution in [3.8, 4) is 0 Å². The maximum Gasteiger partial charge on any atom is 0.254 e. The Morgan fingerprint density at radius 3 is 2.56 bits per heavy atom. The van der Waals surface area contributed by atoms with Crippen LogP contribution in [0.1, 0.15) is 41.9 Å². The van der Waals surface area contributed by atoms with Crippen molar-refractivity contribution in [1.29, 1.82) is 0 Å². The van der Waals surface area contributed by atoms with Gasteiger partial charge in [-0.05, 0) is 42.5 Å². The number of benzene rings is 2. The van der Waals surface area contributed by atoms with Crippen LogP contribution in [0, 0.1) is 11.8 Å². The largest absolute Gasteiger partial charge is 0.358 e. The summed E-state index contributed by atoms with van der Waals surface area (Å²) in [4.78, 5) is 18.8. The molecule has 1 aromatic heterocycles. The Kier molecular flexibility index (Phi) is 5.34. The van der Waals surface area contributed by atoms with Gasteiger partial charge in [0.05, 0.1) is 4.90 Å². The first kappa shape index (κ1) is 21.2. The number of carbonyl (C=O) groups excluding carboxylic acids is 1. The number of sulfonamides is 1. The van der Waals surface area contributed by atoms with Gasteiger partial charge in [-0.3, -0.25) is 4.79 Å². The van der Waals surface area contributed by atoms with Gasteiger partial charge in [0.15, 0.2) is 0 Å². The minimum Gasteiger partial charge on any atom is -0.358 e. The number of H-pyrrole nitrogens is 1. The summed E-state index contributed by atoms with van der Waals surface area (Å²) in [7, 11) is -3.63. The second-order valence-electron chi connectivity index (χ2n) is 9.40. The Bertz CT molecular complexity index is 1270. The third-order valence-electron chi connectivity index (χ3n) is 6.72. The topological polar surface area (TPSA) is 73.5 Å². The monoisotopic (exact) mass is 451 g/mol. The Morgan fingerprint density at radius 2 is 1.78 bits per heavy atom. The Hall–Kier alpha value is -2.64. The molecule has 3 heterocycles. The van der Waals surface area contributed by atoms with Crippen molar-refractivity contribution in [1.82, 2.24) is 14.2 Å². The number of fused-ring (bicyclic) bond motifs is 3. The third kappa shape index (κ3) is 3.73. The van der Waals surface area contributed by atoms with Gasteiger partial charge >= 0.3 is 0 Å². The molecule has 6 nitrogen and oxygen atoms in total. The van der Waals surface area contributed by atoms with E-state index in [2.05, 4.69) is 31.0 Å². The van der Waals surface area contributed by atoms with Crippen molar-refractivity contribution < 1.29 is 13.2 Å². The summed E-state index contributed by atoms with van der Waals surface area (Å²) in [5.74, 6) is 0.535. The van der Waals surface area contributed by atoms with E-state index in [1.807, 2.05) is 17.0 Å². The highest BCUT2D eigenvalue weighted by Gasteiger charge is 2.32. The van der Waals surface area contributed by atoms with E-state index < -0.39 is 10.0 Å². The lowest BCUT2D eigenvalue weighted by molar-refractivity contribution is 0.0735. The van der Waals surface area contributed by atoms with Crippen LogP contribution in [0.4, 0.5) is 0 Å². The SMILES string of the molecule is C[C@@H]1C[C@H](C)CN(S(=O)(=O)c2cccc(C(=O)N3CCc4[nH]c5ccccc5c4C3)c2)C1. The minimum absolute atomic E-state index is 0.127. The van der Waals surface area contributed by atoms with Gasteiger partial charge in [0, 0.05) is 60.3 Å². The molecule has 0 spiro atoms. The molecule has 168 valence electrons. The number of aromatic nitrogens is 1. The summed E-state index contributed by atoms with van der Waals surface area (Å²) in [6.07, 6.45) is 1.80. The summed E-state index contributed by atoms with van der Waals surface area (Å²) in [6.45, 7) is 6.37. The van der Waals surface area contributed by atoms with Gasteiger partial charge in [-0.2, -0.15) is 4.31 Å². The summed E-state index contributed by atoms with van der Waals surface area (Å²) in [5.41, 5.74) is 3.84. The quantitative estimate of drug-likeness (QED) is 0.653. The zero-order valence-corrected chi connectivity index (χ0v) is 19.4. The van der Waals surface area contributed by atoms with Crippen LogP contribution in [0.15, 0.2) is 53.4 Å². The van der Waals surface area contributed by atoms with E-state index in [9.17, 15) is 13.2 Å². The van der Waals surface area contributed by atoms with E-state index in [4.69, 9.17) is 0 Å². The number of para-hydroxylation sites is 1. The van der Waals surface area contributed by atoms with Crippen molar-refractivity contribution >= 4 is 26.8 Å². The second kappa shape index (κ2) is 8.05. The van der Waals surface area contributed by atoms with Gasteiger partial charge in [0.2, 0.25) is 10.0 Å². The predicted molar refractivity (Wildman–Crippen MR) is 125 cm³/mol. The molecule has 2 aromatic carbocycles. The first-order valence-electron chi connectivity index (χ1n) is 11.3. The fraction of sp³-hybridized carbons (Fsp3) is 0.400. The van der Waals surface area contributed by atoms with Crippen LogP contribution in [0.2, 0.25) is 0 Å². The molecule has 1 N–H and O–H groups in total. The molecule has 2 aliphatic heterocycles. The number of nitrogens with zero attached hydrogens (tertiary/aromatic N) is 2. The normalized spacial score (nSPS) is 22.1. The summed E-state index contributed by atoms with van der Waals surface area (Å²) < 4.78 is 28.2. The highest BCUT2D eigenvalue weighted by atomic mass is 32.2. The number of hydrogen-bond donors (Lipinski definition) is 1. The number of rotatable bonds is 3. The van der Waals surface area contributed by atoms with Crippen molar-refractivity contribution in [2.75, 3.05) is 19.6 Å². The fourth-order valence-corrected chi connectivity index (χ4v) is 6.99. The van der Waals surface area contributed by atoms with Crippen LogP contribution in [0.25, 0.3) is 10.9 Å². The van der Waals surface area contributed by atoms with E-state index in [0.29, 0.717) is 43.6 Å². The number of aromatic amines is 1. The molecule has 0 bridgehead atoms. The van der Waals surface area contributed by atoms with Gasteiger partial charge in [-0.15, -0.1) is 0 Å². The molecular formula is C25H29N3O3S. The highest BCUT2D eigenvalue weighted by Crippen LogP contribution is 2.30. The third-order valence-corrected chi connectivity index (χ3v) is 8.55. The van der Waals surface area contributed by atoms with Crippen LogP contribution < -0.4 is 0 Å². The number of nitrogens with one attached hydrogen (secondary N) is 1.